The minimum Gasteiger partial charge on any atom is -0.300 e. The first-order valence-electron chi connectivity index (χ1n) is 34.6. The molecule has 8 aliphatic rings. The molecule has 4 heterocycles. The number of alkyl halides is 3. The van der Waals surface area contributed by atoms with Crippen LogP contribution >= 0.6 is 0 Å². The zero-order valence-electron chi connectivity index (χ0n) is 57.0. The number of hydrogen-bond donors (Lipinski definition) is 0. The number of likely N-dealkylation sites (N-methyl/N-ethyl adjacent to an activating group) is 1. The lowest BCUT2D eigenvalue weighted by atomic mass is 9.82. The Morgan fingerprint density at radius 2 is 0.761 bits per heavy atom. The summed E-state index contributed by atoms with van der Waals surface area (Å²) < 4.78 is 38.9. The molecule has 0 amide bonds. The van der Waals surface area contributed by atoms with Gasteiger partial charge in [0, 0.05) is 147 Å². The molecule has 4 saturated heterocycles. The van der Waals surface area contributed by atoms with Crippen LogP contribution in [0.1, 0.15) is 188 Å². The number of nitriles is 1. The van der Waals surface area contributed by atoms with E-state index in [0.29, 0.717) is 35.5 Å². The highest BCUT2D eigenvalue weighted by Gasteiger charge is 2.43. The molecule has 0 N–H and O–H groups in total. The highest BCUT2D eigenvalue weighted by molar-refractivity contribution is 5.83. The third kappa shape index (κ3) is 18.2. The van der Waals surface area contributed by atoms with E-state index in [2.05, 4.69) is 190 Å². The van der Waals surface area contributed by atoms with Gasteiger partial charge in [-0.25, -0.2) is 0 Å². The summed E-state index contributed by atoms with van der Waals surface area (Å²) in [4.78, 5) is 21.2. The first-order valence-corrected chi connectivity index (χ1v) is 34.6. The highest BCUT2D eigenvalue weighted by atomic mass is 19.4. The number of fused-ring (bicyclic) bond motifs is 1. The lowest BCUT2D eigenvalue weighted by molar-refractivity contribution is -0.137. The summed E-state index contributed by atoms with van der Waals surface area (Å²) in [5.41, 5.74) is 4.83. The first kappa shape index (κ1) is 68.5. The van der Waals surface area contributed by atoms with E-state index in [-0.39, 0.29) is 10.8 Å². The predicted octanol–water partition coefficient (Wildman–Crippen LogP) is 15.6. The molecule has 9 nitrogen and oxygen atoms in total. The summed E-state index contributed by atoms with van der Waals surface area (Å²) >= 11 is 0. The van der Waals surface area contributed by atoms with Gasteiger partial charge in [-0.15, -0.1) is 0 Å². The van der Waals surface area contributed by atoms with Crippen molar-refractivity contribution in [3.05, 3.63) is 119 Å². The largest absolute Gasteiger partial charge is 0.416 e. The van der Waals surface area contributed by atoms with Gasteiger partial charge in [0.25, 0.3) is 0 Å². The summed E-state index contributed by atoms with van der Waals surface area (Å²) in [6.45, 7) is 44.8. The Morgan fingerprint density at radius 3 is 1.14 bits per heavy atom. The van der Waals surface area contributed by atoms with Gasteiger partial charge in [0.15, 0.2) is 0 Å². The molecule has 4 aromatic rings. The minimum atomic E-state index is -4.28. The van der Waals surface area contributed by atoms with Crippen LogP contribution in [0, 0.1) is 33.0 Å². The van der Waals surface area contributed by atoms with Crippen LogP contribution < -0.4 is 0 Å². The van der Waals surface area contributed by atoms with Crippen LogP contribution in [-0.4, -0.2) is 173 Å². The molecule has 12 rings (SSSR count). The maximum atomic E-state index is 13.0. The molecule has 4 saturated carbocycles. The zero-order valence-corrected chi connectivity index (χ0v) is 57.0. The molecule has 4 aromatic carbocycles. The summed E-state index contributed by atoms with van der Waals surface area (Å²) in [6.07, 6.45) is 12.5. The molecule has 4 unspecified atom stereocenters. The van der Waals surface area contributed by atoms with Gasteiger partial charge in [-0.05, 0) is 132 Å². The van der Waals surface area contributed by atoms with Crippen molar-refractivity contribution >= 4 is 10.8 Å². The number of benzene rings is 4. The molecule has 4 aliphatic heterocycles. The smallest absolute Gasteiger partial charge is 0.300 e. The topological polar surface area (TPSA) is 49.7 Å². The van der Waals surface area contributed by atoms with Crippen LogP contribution in [0.2, 0.25) is 0 Å². The predicted molar refractivity (Wildman–Crippen MR) is 360 cm³/mol. The lowest BCUT2D eigenvalue weighted by Crippen LogP contribution is -2.60. The van der Waals surface area contributed by atoms with Crippen molar-refractivity contribution in [2.75, 3.05) is 85.6 Å². The fourth-order valence-corrected chi connectivity index (χ4v) is 15.3. The molecule has 4 aliphatic carbocycles. The number of nitrogens with zero attached hydrogens (tertiary/aromatic N) is 9. The van der Waals surface area contributed by atoms with Gasteiger partial charge >= 0.3 is 6.18 Å². The minimum absolute atomic E-state index is 0.101. The fourth-order valence-electron chi connectivity index (χ4n) is 15.3. The van der Waals surface area contributed by atoms with Crippen molar-refractivity contribution in [1.82, 2.24) is 39.2 Å². The Labute approximate surface area is 532 Å². The van der Waals surface area contributed by atoms with Gasteiger partial charge in [0.05, 0.1) is 17.2 Å². The number of hydrogen-bond acceptors (Lipinski definition) is 9. The second-order valence-electron chi connectivity index (χ2n) is 32.4. The summed E-state index contributed by atoms with van der Waals surface area (Å²) in [7, 11) is 2.29. The first-order chi connectivity index (χ1) is 41.6. The molecular weight excluding hydrogens is 1100 g/mol. The van der Waals surface area contributed by atoms with Gasteiger partial charge in [0.2, 0.25) is 0 Å². The van der Waals surface area contributed by atoms with E-state index in [0.717, 1.165) is 86.7 Å². The van der Waals surface area contributed by atoms with Gasteiger partial charge in [0.1, 0.15) is 0 Å². The van der Waals surface area contributed by atoms with Crippen LogP contribution in [0.15, 0.2) is 91.0 Å². The molecule has 4 atom stereocenters. The highest BCUT2D eigenvalue weighted by Crippen LogP contribution is 2.38. The Bertz CT molecular complexity index is 2840. The number of piperazine rings is 4. The maximum absolute atomic E-state index is 13.0. The molecule has 0 aromatic heterocycles. The molecule has 8 fully saturated rings. The molecular formula is C76H116F3N9. The average molecular weight is 1210 g/mol. The van der Waals surface area contributed by atoms with E-state index in [1.807, 2.05) is 18.2 Å². The average Bonchev–Trinajstić information content (AvgIpc) is 3.58. The van der Waals surface area contributed by atoms with Crippen LogP contribution in [-0.2, 0) is 25.8 Å². The molecule has 0 bridgehead atoms. The molecule has 0 spiro atoms. The summed E-state index contributed by atoms with van der Waals surface area (Å²) in [5, 5.41) is 11.6. The van der Waals surface area contributed by atoms with E-state index in [1.165, 1.54) is 163 Å². The normalized spacial score (nSPS) is 25.4. The Balaban J connectivity index is 0.000000142. The third-order valence-electron chi connectivity index (χ3n) is 21.9. The van der Waals surface area contributed by atoms with Crippen molar-refractivity contribution in [1.29, 1.82) is 5.26 Å². The van der Waals surface area contributed by atoms with E-state index in [4.69, 9.17) is 5.26 Å². The van der Waals surface area contributed by atoms with Crippen molar-refractivity contribution in [3.63, 3.8) is 0 Å². The Hall–Kier alpha value is -3.90. The standard InChI is InChI=1S/C23H32N2.C20H29F3N2.C20H29N3.C13H26N2/c1-23(2,3)22-17-24(21-9-6-10-21)13-14-25(22)16-18-11-12-19-7-4-5-8-20(19)15-18;1-19(2,3)18-14-24(17-8-5-9-17)10-11-25(18)13-15-6-4-7-16(12-15)20(21,22)23;1-20(2,3)19-15-22(18-5-4-6-18)11-12-23(19)14-17-9-7-16(13-21)8-10-17;1-13(2,3)12-10-15(9-8-14(12)4)11-6-5-7-11/h4-5,7-8,11-12,15,21-22H,6,9-10,13-14,16-17H2,1-3H3;4,6-7,12,17-18H,5,8-11,13-14H2,1-3H3;7-10,18-19H,4-6,11-12,14-15H2,1-3H3;11-12H,5-10H2,1-4H3. The summed E-state index contributed by atoms with van der Waals surface area (Å²) in [6, 6.07) is 37.4. The van der Waals surface area contributed by atoms with Crippen molar-refractivity contribution < 1.29 is 13.2 Å². The van der Waals surface area contributed by atoms with E-state index >= 15 is 0 Å². The van der Waals surface area contributed by atoms with Crippen LogP contribution in [0.3, 0.4) is 0 Å². The number of halogens is 3. The van der Waals surface area contributed by atoms with Crippen molar-refractivity contribution in [2.45, 2.75) is 234 Å². The van der Waals surface area contributed by atoms with Crippen LogP contribution in [0.4, 0.5) is 13.2 Å². The van der Waals surface area contributed by atoms with Crippen LogP contribution in [0.25, 0.3) is 10.8 Å². The van der Waals surface area contributed by atoms with Crippen LogP contribution in [0.5, 0.6) is 0 Å². The van der Waals surface area contributed by atoms with Gasteiger partial charge in [-0.2, -0.15) is 18.4 Å². The molecule has 88 heavy (non-hydrogen) atoms. The fraction of sp³-hybridized carbons (Fsp3) is 0.697. The lowest BCUT2D eigenvalue weighted by Gasteiger charge is -2.51. The van der Waals surface area contributed by atoms with Gasteiger partial charge in [-0.3, -0.25) is 34.3 Å². The van der Waals surface area contributed by atoms with E-state index < -0.39 is 11.7 Å². The van der Waals surface area contributed by atoms with E-state index in [9.17, 15) is 13.2 Å². The zero-order chi connectivity index (χ0) is 63.2. The summed E-state index contributed by atoms with van der Waals surface area (Å²) in [5.74, 6) is 0. The molecule has 486 valence electrons. The molecule has 12 heteroatoms. The quantitative estimate of drug-likeness (QED) is 0.155. The van der Waals surface area contributed by atoms with Crippen molar-refractivity contribution in [3.8, 4) is 6.07 Å². The maximum Gasteiger partial charge on any atom is 0.416 e. The number of rotatable bonds is 10. The monoisotopic (exact) mass is 1210 g/mol. The Morgan fingerprint density at radius 1 is 0.398 bits per heavy atom. The van der Waals surface area contributed by atoms with E-state index in [1.54, 1.807) is 0 Å². The second-order valence-corrected chi connectivity index (χ2v) is 32.4. The van der Waals surface area contributed by atoms with Gasteiger partial charge < -0.3 is 4.90 Å². The molecule has 0 radical (unpaired) electrons. The second kappa shape index (κ2) is 29.4. The Kier molecular flexibility index (Phi) is 22.9. The third-order valence-corrected chi connectivity index (χ3v) is 21.9. The van der Waals surface area contributed by atoms with Crippen molar-refractivity contribution in [2.24, 2.45) is 21.7 Å². The van der Waals surface area contributed by atoms with Gasteiger partial charge in [-0.1, -0.05) is 175 Å². The SMILES string of the molecule is CC(C)(C)C1CN(C2CCC2)CCN1Cc1ccc(C#N)cc1.CC(C)(C)C1CN(C2CCC2)CCN1Cc1ccc2ccccc2c1.CC(C)(C)C1CN(C2CCC2)CCN1Cc1cccc(C(F)(F)F)c1.CN1CCN(C2CCC2)CC1C(C)(C)C.